The largest absolute Gasteiger partial charge is 0.324 e. The highest BCUT2D eigenvalue weighted by Gasteiger charge is 2.64. The molecule has 0 spiro atoms. The summed E-state index contributed by atoms with van der Waals surface area (Å²) >= 11 is 0. The first kappa shape index (κ1) is 9.40. The zero-order valence-corrected chi connectivity index (χ0v) is 9.53. The SMILES string of the molecule is CC(C)n1cc(C2(C3(N)CC3)CC2)cn1. The molecule has 0 unspecified atom stereocenters. The van der Waals surface area contributed by atoms with E-state index in [0.29, 0.717) is 11.5 Å². The van der Waals surface area contributed by atoms with E-state index in [2.05, 4.69) is 25.1 Å². The van der Waals surface area contributed by atoms with Crippen LogP contribution < -0.4 is 5.73 Å². The summed E-state index contributed by atoms with van der Waals surface area (Å²) < 4.78 is 2.04. The molecule has 1 aromatic heterocycles. The molecule has 0 saturated heterocycles. The number of nitrogens with two attached hydrogens (primary N) is 1. The van der Waals surface area contributed by atoms with E-state index in [1.165, 1.54) is 31.2 Å². The molecule has 3 heteroatoms. The van der Waals surface area contributed by atoms with E-state index in [0.717, 1.165) is 0 Å². The van der Waals surface area contributed by atoms with Gasteiger partial charge >= 0.3 is 0 Å². The summed E-state index contributed by atoms with van der Waals surface area (Å²) in [7, 11) is 0. The molecule has 0 aromatic carbocycles. The first-order valence-corrected chi connectivity index (χ1v) is 5.91. The van der Waals surface area contributed by atoms with Gasteiger partial charge < -0.3 is 5.73 Å². The molecular weight excluding hydrogens is 186 g/mol. The minimum absolute atomic E-state index is 0.109. The molecule has 1 aromatic rings. The molecule has 2 aliphatic rings. The molecule has 2 fully saturated rings. The number of hydrogen-bond donors (Lipinski definition) is 1. The highest BCUT2D eigenvalue weighted by atomic mass is 15.3. The first-order valence-electron chi connectivity index (χ1n) is 5.91. The van der Waals surface area contributed by atoms with Crippen molar-refractivity contribution in [2.24, 2.45) is 5.73 Å². The van der Waals surface area contributed by atoms with Gasteiger partial charge in [0.15, 0.2) is 0 Å². The second kappa shape index (κ2) is 2.64. The molecule has 0 amide bonds. The van der Waals surface area contributed by atoms with Crippen LogP contribution in [0.3, 0.4) is 0 Å². The van der Waals surface area contributed by atoms with Gasteiger partial charge in [-0.1, -0.05) is 0 Å². The van der Waals surface area contributed by atoms with Gasteiger partial charge in [0, 0.05) is 23.2 Å². The molecule has 15 heavy (non-hydrogen) atoms. The molecule has 0 aliphatic heterocycles. The standard InChI is InChI=1S/C12H19N3/c1-9(2)15-8-10(7-14-15)11(3-4-11)12(13)5-6-12/h7-9H,3-6,13H2,1-2H3. The fourth-order valence-electron chi connectivity index (χ4n) is 2.68. The van der Waals surface area contributed by atoms with Crippen LogP contribution in [0.4, 0.5) is 0 Å². The Balaban J connectivity index is 1.93. The molecule has 3 nitrogen and oxygen atoms in total. The Labute approximate surface area is 90.7 Å². The lowest BCUT2D eigenvalue weighted by atomic mass is 9.88. The average molecular weight is 205 g/mol. The van der Waals surface area contributed by atoms with E-state index >= 15 is 0 Å². The average Bonchev–Trinajstić information content (AvgIpc) is 3.08. The van der Waals surface area contributed by atoms with Gasteiger partial charge in [0.05, 0.1) is 6.20 Å². The van der Waals surface area contributed by atoms with Crippen LogP contribution >= 0.6 is 0 Å². The summed E-state index contributed by atoms with van der Waals surface area (Å²) in [5.74, 6) is 0. The Bertz CT molecular complexity index is 383. The monoisotopic (exact) mass is 205 g/mol. The van der Waals surface area contributed by atoms with Crippen LogP contribution in [0.1, 0.15) is 51.1 Å². The third kappa shape index (κ3) is 1.19. The lowest BCUT2D eigenvalue weighted by Crippen LogP contribution is -2.37. The highest BCUT2D eigenvalue weighted by molar-refractivity contribution is 5.38. The maximum Gasteiger partial charge on any atom is 0.0528 e. The Morgan fingerprint density at radius 2 is 2.00 bits per heavy atom. The summed E-state index contributed by atoms with van der Waals surface area (Å²) in [6.07, 6.45) is 9.13. The molecular formula is C12H19N3. The van der Waals surface area contributed by atoms with Crippen molar-refractivity contribution in [3.05, 3.63) is 18.0 Å². The Morgan fingerprint density at radius 3 is 2.40 bits per heavy atom. The van der Waals surface area contributed by atoms with Crippen molar-refractivity contribution in [2.75, 3.05) is 0 Å². The second-order valence-electron chi connectivity index (χ2n) is 5.54. The van der Waals surface area contributed by atoms with E-state index in [-0.39, 0.29) is 5.54 Å². The molecule has 82 valence electrons. The number of rotatable bonds is 3. The van der Waals surface area contributed by atoms with Crippen molar-refractivity contribution in [1.82, 2.24) is 9.78 Å². The summed E-state index contributed by atoms with van der Waals surface area (Å²) in [6.45, 7) is 4.32. The van der Waals surface area contributed by atoms with Gasteiger partial charge in [-0.05, 0) is 45.1 Å². The highest BCUT2D eigenvalue weighted by Crippen LogP contribution is 2.63. The predicted octanol–water partition coefficient (Wildman–Crippen LogP) is 1.99. The minimum atomic E-state index is 0.109. The number of nitrogens with zero attached hydrogens (tertiary/aromatic N) is 2. The Hall–Kier alpha value is -0.830. The zero-order chi connectivity index (χ0) is 10.7. The molecule has 2 saturated carbocycles. The number of hydrogen-bond acceptors (Lipinski definition) is 2. The Kier molecular flexibility index (Phi) is 1.66. The molecule has 0 radical (unpaired) electrons. The van der Waals surface area contributed by atoms with Crippen molar-refractivity contribution in [2.45, 2.75) is 56.5 Å². The van der Waals surface area contributed by atoms with Gasteiger partial charge in [0.2, 0.25) is 0 Å². The third-order valence-electron chi connectivity index (χ3n) is 4.17. The molecule has 2 N–H and O–H groups in total. The van der Waals surface area contributed by atoms with Gasteiger partial charge in [-0.3, -0.25) is 4.68 Å². The van der Waals surface area contributed by atoms with Crippen molar-refractivity contribution < 1.29 is 0 Å². The van der Waals surface area contributed by atoms with Crippen LogP contribution in [0.2, 0.25) is 0 Å². The minimum Gasteiger partial charge on any atom is -0.324 e. The smallest absolute Gasteiger partial charge is 0.0528 e. The van der Waals surface area contributed by atoms with E-state index in [1.807, 2.05) is 10.9 Å². The summed E-state index contributed by atoms with van der Waals surface area (Å²) in [6, 6.07) is 0.447. The molecule has 1 heterocycles. The van der Waals surface area contributed by atoms with E-state index in [9.17, 15) is 0 Å². The maximum atomic E-state index is 6.37. The van der Waals surface area contributed by atoms with Gasteiger partial charge in [-0.15, -0.1) is 0 Å². The molecule has 0 bridgehead atoms. The summed E-state index contributed by atoms with van der Waals surface area (Å²) in [4.78, 5) is 0. The van der Waals surface area contributed by atoms with Crippen molar-refractivity contribution in [3.8, 4) is 0 Å². The first-order chi connectivity index (χ1) is 7.07. The maximum absolute atomic E-state index is 6.37. The van der Waals surface area contributed by atoms with E-state index in [4.69, 9.17) is 5.73 Å². The zero-order valence-electron chi connectivity index (χ0n) is 9.53. The van der Waals surface area contributed by atoms with Gasteiger partial charge in [0.1, 0.15) is 0 Å². The van der Waals surface area contributed by atoms with Crippen LogP contribution in [0, 0.1) is 0 Å². The molecule has 3 rings (SSSR count). The third-order valence-corrected chi connectivity index (χ3v) is 4.17. The van der Waals surface area contributed by atoms with Crippen LogP contribution in [-0.2, 0) is 5.41 Å². The van der Waals surface area contributed by atoms with Crippen molar-refractivity contribution in [3.63, 3.8) is 0 Å². The van der Waals surface area contributed by atoms with Crippen molar-refractivity contribution in [1.29, 1.82) is 0 Å². The van der Waals surface area contributed by atoms with Gasteiger partial charge in [-0.2, -0.15) is 5.10 Å². The predicted molar refractivity (Wildman–Crippen MR) is 59.7 cm³/mol. The van der Waals surface area contributed by atoms with E-state index in [1.54, 1.807) is 0 Å². The van der Waals surface area contributed by atoms with E-state index < -0.39 is 0 Å². The Morgan fingerprint density at radius 1 is 1.33 bits per heavy atom. The quantitative estimate of drug-likeness (QED) is 0.820. The fourth-order valence-corrected chi connectivity index (χ4v) is 2.68. The second-order valence-corrected chi connectivity index (χ2v) is 5.54. The number of aromatic nitrogens is 2. The van der Waals surface area contributed by atoms with Crippen LogP contribution in [0.5, 0.6) is 0 Å². The summed E-state index contributed by atoms with van der Waals surface area (Å²) in [5.41, 5.74) is 8.14. The lowest BCUT2D eigenvalue weighted by molar-refractivity contribution is 0.498. The molecule has 2 aliphatic carbocycles. The summed E-state index contributed by atoms with van der Waals surface area (Å²) in [5, 5.41) is 4.42. The van der Waals surface area contributed by atoms with Gasteiger partial charge in [0.25, 0.3) is 0 Å². The topological polar surface area (TPSA) is 43.8 Å². The lowest BCUT2D eigenvalue weighted by Gasteiger charge is -2.21. The fraction of sp³-hybridized carbons (Fsp3) is 0.750. The van der Waals surface area contributed by atoms with Crippen LogP contribution in [-0.4, -0.2) is 15.3 Å². The van der Waals surface area contributed by atoms with Crippen LogP contribution in [0.15, 0.2) is 12.4 Å². The van der Waals surface area contributed by atoms with Crippen LogP contribution in [0.25, 0.3) is 0 Å². The van der Waals surface area contributed by atoms with Gasteiger partial charge in [-0.25, -0.2) is 0 Å². The molecule has 0 atom stereocenters. The van der Waals surface area contributed by atoms with Crippen molar-refractivity contribution >= 4 is 0 Å². The normalized spacial score (nSPS) is 25.6.